The lowest BCUT2D eigenvalue weighted by Gasteiger charge is -2.09. The van der Waals surface area contributed by atoms with Crippen LogP contribution < -0.4 is 5.32 Å². The highest BCUT2D eigenvalue weighted by atomic mass is 16.2. The zero-order chi connectivity index (χ0) is 13.1. The Bertz CT molecular complexity index is 473. The van der Waals surface area contributed by atoms with E-state index in [1.165, 1.54) is 0 Å². The predicted octanol–water partition coefficient (Wildman–Crippen LogP) is 1.74. The normalized spacial score (nSPS) is 14.7. The fourth-order valence-corrected chi connectivity index (χ4v) is 2.04. The molecule has 4 nitrogen and oxygen atoms in total. The largest absolute Gasteiger partial charge is 0.339 e. The molecule has 0 aliphatic heterocycles. The Labute approximate surface area is 105 Å². The first-order valence-corrected chi connectivity index (χ1v) is 6.12. The summed E-state index contributed by atoms with van der Waals surface area (Å²) >= 11 is 0. The standard InChI is InChI=1S/C14H15NO3/c1-2-3-8-11(16)15-12-13(17)9-6-4-5-7-10(9)14(12)18/h4-7,12H,2-3,8H2,1H3,(H,15,16). The number of fused-ring (bicyclic) bond motifs is 1. The lowest BCUT2D eigenvalue weighted by Crippen LogP contribution is -2.42. The van der Waals surface area contributed by atoms with Crippen molar-refractivity contribution >= 4 is 17.5 Å². The number of ketones is 2. The molecule has 0 fully saturated rings. The third-order valence-corrected chi connectivity index (χ3v) is 3.05. The van der Waals surface area contributed by atoms with Crippen LogP contribution in [0.1, 0.15) is 46.9 Å². The van der Waals surface area contributed by atoms with Crippen molar-refractivity contribution in [1.82, 2.24) is 5.32 Å². The van der Waals surface area contributed by atoms with Gasteiger partial charge in [0.15, 0.2) is 17.6 Å². The maximum Gasteiger partial charge on any atom is 0.220 e. The van der Waals surface area contributed by atoms with Crippen molar-refractivity contribution < 1.29 is 14.4 Å². The first-order chi connectivity index (χ1) is 8.65. The van der Waals surface area contributed by atoms with Gasteiger partial charge in [-0.15, -0.1) is 0 Å². The van der Waals surface area contributed by atoms with E-state index in [-0.39, 0.29) is 17.5 Å². The van der Waals surface area contributed by atoms with E-state index in [4.69, 9.17) is 0 Å². The van der Waals surface area contributed by atoms with Gasteiger partial charge < -0.3 is 5.32 Å². The van der Waals surface area contributed by atoms with E-state index in [9.17, 15) is 14.4 Å². The summed E-state index contributed by atoms with van der Waals surface area (Å²) in [5.74, 6) is -0.850. The predicted molar refractivity (Wildman–Crippen MR) is 66.6 cm³/mol. The first-order valence-electron chi connectivity index (χ1n) is 6.12. The average molecular weight is 245 g/mol. The number of benzene rings is 1. The molecule has 1 aliphatic rings. The van der Waals surface area contributed by atoms with Crippen LogP contribution >= 0.6 is 0 Å². The van der Waals surface area contributed by atoms with E-state index < -0.39 is 6.04 Å². The van der Waals surface area contributed by atoms with Crippen molar-refractivity contribution in [2.75, 3.05) is 0 Å². The molecule has 2 rings (SSSR count). The van der Waals surface area contributed by atoms with Crippen LogP contribution in [0.25, 0.3) is 0 Å². The molecule has 0 saturated carbocycles. The number of carbonyl (C=O) groups excluding carboxylic acids is 3. The molecule has 1 amide bonds. The van der Waals surface area contributed by atoms with Crippen LogP contribution in [0.5, 0.6) is 0 Å². The first kappa shape index (κ1) is 12.5. The summed E-state index contributed by atoms with van der Waals surface area (Å²) < 4.78 is 0. The van der Waals surface area contributed by atoms with Gasteiger partial charge in [-0.05, 0) is 6.42 Å². The van der Waals surface area contributed by atoms with Gasteiger partial charge in [0.25, 0.3) is 0 Å². The highest BCUT2D eigenvalue weighted by Gasteiger charge is 2.38. The number of hydrogen-bond donors (Lipinski definition) is 1. The summed E-state index contributed by atoms with van der Waals surface area (Å²) in [6.07, 6.45) is 2.01. The van der Waals surface area contributed by atoms with E-state index in [2.05, 4.69) is 5.32 Å². The lowest BCUT2D eigenvalue weighted by molar-refractivity contribution is -0.121. The van der Waals surface area contributed by atoms with Gasteiger partial charge in [0.2, 0.25) is 5.91 Å². The minimum atomic E-state index is -1.02. The molecule has 1 aromatic rings. The molecule has 1 N–H and O–H groups in total. The molecule has 0 unspecified atom stereocenters. The van der Waals surface area contributed by atoms with Crippen LogP contribution in [0.3, 0.4) is 0 Å². The van der Waals surface area contributed by atoms with Crippen molar-refractivity contribution in [2.24, 2.45) is 0 Å². The highest BCUT2D eigenvalue weighted by molar-refractivity contribution is 6.30. The molecule has 0 saturated heterocycles. The molecule has 0 heterocycles. The minimum absolute atomic E-state index is 0.239. The van der Waals surface area contributed by atoms with E-state index in [0.717, 1.165) is 12.8 Å². The molecular weight excluding hydrogens is 230 g/mol. The van der Waals surface area contributed by atoms with E-state index in [1.54, 1.807) is 24.3 Å². The number of hydrogen-bond acceptors (Lipinski definition) is 3. The number of rotatable bonds is 4. The third-order valence-electron chi connectivity index (χ3n) is 3.05. The number of carbonyl (C=O) groups is 3. The molecule has 0 atom stereocenters. The van der Waals surface area contributed by atoms with Crippen molar-refractivity contribution in [1.29, 1.82) is 0 Å². The Balaban J connectivity index is 2.11. The Morgan fingerprint density at radius 2 is 1.72 bits per heavy atom. The zero-order valence-electron chi connectivity index (χ0n) is 10.2. The molecule has 0 radical (unpaired) electrons. The summed E-state index contributed by atoms with van der Waals surface area (Å²) in [5.41, 5.74) is 0.812. The van der Waals surface area contributed by atoms with E-state index in [1.807, 2.05) is 6.92 Å². The quantitative estimate of drug-likeness (QED) is 0.822. The van der Waals surface area contributed by atoms with Crippen LogP contribution in [0.2, 0.25) is 0 Å². The summed E-state index contributed by atoms with van der Waals surface area (Å²) in [6.45, 7) is 1.98. The Kier molecular flexibility index (Phi) is 3.55. The van der Waals surface area contributed by atoms with Gasteiger partial charge >= 0.3 is 0 Å². The molecule has 18 heavy (non-hydrogen) atoms. The van der Waals surface area contributed by atoms with E-state index in [0.29, 0.717) is 17.5 Å². The molecule has 0 spiro atoms. The summed E-state index contributed by atoms with van der Waals surface area (Å²) in [5, 5.41) is 2.52. The number of nitrogens with one attached hydrogen (secondary N) is 1. The third kappa shape index (κ3) is 2.18. The van der Waals surface area contributed by atoms with Crippen LogP contribution in [-0.4, -0.2) is 23.5 Å². The molecule has 1 aromatic carbocycles. The number of amides is 1. The summed E-state index contributed by atoms with van der Waals surface area (Å²) in [6, 6.07) is 5.64. The van der Waals surface area contributed by atoms with Crippen LogP contribution in [0.15, 0.2) is 24.3 Å². The Morgan fingerprint density at radius 1 is 1.17 bits per heavy atom. The van der Waals surface area contributed by atoms with Gasteiger partial charge in [0.05, 0.1) is 0 Å². The fourth-order valence-electron chi connectivity index (χ4n) is 2.04. The van der Waals surface area contributed by atoms with Crippen LogP contribution in [0, 0.1) is 0 Å². The molecular formula is C14H15NO3. The van der Waals surface area contributed by atoms with Crippen molar-refractivity contribution in [3.8, 4) is 0 Å². The van der Waals surface area contributed by atoms with Gasteiger partial charge in [-0.2, -0.15) is 0 Å². The molecule has 0 aromatic heterocycles. The summed E-state index contributed by atoms with van der Waals surface area (Å²) in [7, 11) is 0. The molecule has 1 aliphatic carbocycles. The second kappa shape index (κ2) is 5.12. The smallest absolute Gasteiger partial charge is 0.220 e. The maximum atomic E-state index is 12.0. The van der Waals surface area contributed by atoms with Crippen molar-refractivity contribution in [3.63, 3.8) is 0 Å². The van der Waals surface area contributed by atoms with Crippen LogP contribution in [0.4, 0.5) is 0 Å². The lowest BCUT2D eigenvalue weighted by atomic mass is 10.1. The van der Waals surface area contributed by atoms with Crippen molar-refractivity contribution in [3.05, 3.63) is 35.4 Å². The van der Waals surface area contributed by atoms with Crippen molar-refractivity contribution in [2.45, 2.75) is 32.2 Å². The maximum absolute atomic E-state index is 12.0. The SMILES string of the molecule is CCCCC(=O)NC1C(=O)c2ccccc2C1=O. The topological polar surface area (TPSA) is 63.2 Å². The van der Waals surface area contributed by atoms with Gasteiger partial charge in [-0.3, -0.25) is 14.4 Å². The Hall–Kier alpha value is -1.97. The van der Waals surface area contributed by atoms with Gasteiger partial charge in [0, 0.05) is 17.5 Å². The van der Waals surface area contributed by atoms with Gasteiger partial charge in [-0.1, -0.05) is 37.6 Å². The second-order valence-corrected chi connectivity index (χ2v) is 4.38. The number of unbranched alkanes of at least 4 members (excludes halogenated alkanes) is 1. The summed E-state index contributed by atoms with van der Waals surface area (Å²) in [4.78, 5) is 35.5. The van der Waals surface area contributed by atoms with Gasteiger partial charge in [0.1, 0.15) is 0 Å². The molecule has 94 valence electrons. The highest BCUT2D eigenvalue weighted by Crippen LogP contribution is 2.22. The second-order valence-electron chi connectivity index (χ2n) is 4.38. The zero-order valence-corrected chi connectivity index (χ0v) is 10.2. The monoisotopic (exact) mass is 245 g/mol. The minimum Gasteiger partial charge on any atom is -0.339 e. The van der Waals surface area contributed by atoms with Gasteiger partial charge in [-0.25, -0.2) is 0 Å². The Morgan fingerprint density at radius 3 is 2.22 bits per heavy atom. The van der Waals surface area contributed by atoms with Crippen LogP contribution in [-0.2, 0) is 4.79 Å². The fraction of sp³-hybridized carbons (Fsp3) is 0.357. The molecule has 0 bridgehead atoms. The average Bonchev–Trinajstić information content (AvgIpc) is 2.62. The molecule has 4 heteroatoms. The van der Waals surface area contributed by atoms with E-state index >= 15 is 0 Å². The number of Topliss-reactive ketones (excluding diaryl/α,β-unsaturated/α-hetero) is 2.